The van der Waals surface area contributed by atoms with E-state index in [1.807, 2.05) is 0 Å². The molecule has 114 valence electrons. The molecule has 1 aliphatic heterocycles. The Kier molecular flexibility index (Phi) is 5.30. The summed E-state index contributed by atoms with van der Waals surface area (Å²) in [6, 6.07) is 2.63. The highest BCUT2D eigenvalue weighted by molar-refractivity contribution is 5.74. The van der Waals surface area contributed by atoms with Crippen LogP contribution in [0.2, 0.25) is 0 Å². The van der Waals surface area contributed by atoms with Gasteiger partial charge in [-0.15, -0.1) is 6.58 Å². The van der Waals surface area contributed by atoms with Crippen molar-refractivity contribution in [1.29, 1.82) is 0 Å². The number of ether oxygens (including phenoxy) is 4. The molecular weight excluding hydrogens is 279 g/mol. The van der Waals surface area contributed by atoms with Crippen LogP contribution >= 0.6 is 0 Å². The van der Waals surface area contributed by atoms with Gasteiger partial charge in [-0.1, -0.05) is 6.08 Å². The third-order valence-electron chi connectivity index (χ3n) is 2.92. The third-order valence-corrected chi connectivity index (χ3v) is 2.92. The highest BCUT2D eigenvalue weighted by Crippen LogP contribution is 2.30. The Morgan fingerprint density at radius 2 is 2.38 bits per heavy atom. The number of carbonyl (C=O) groups is 1. The van der Waals surface area contributed by atoms with Crippen molar-refractivity contribution in [2.45, 2.75) is 26.2 Å². The first-order valence-electron chi connectivity index (χ1n) is 6.52. The van der Waals surface area contributed by atoms with Crippen LogP contribution in [0, 0.1) is 5.82 Å². The van der Waals surface area contributed by atoms with Gasteiger partial charge in [0.2, 0.25) is 0 Å². The summed E-state index contributed by atoms with van der Waals surface area (Å²) in [7, 11) is 0. The van der Waals surface area contributed by atoms with Crippen molar-refractivity contribution in [3.05, 3.63) is 41.7 Å². The van der Waals surface area contributed by atoms with Crippen molar-refractivity contribution in [2.75, 3.05) is 13.4 Å². The van der Waals surface area contributed by atoms with E-state index < -0.39 is 17.9 Å². The van der Waals surface area contributed by atoms with E-state index in [-0.39, 0.29) is 26.6 Å². The topological polar surface area (TPSA) is 54.0 Å². The van der Waals surface area contributed by atoms with Crippen LogP contribution in [-0.2, 0) is 32.2 Å². The molecule has 0 bridgehead atoms. The Morgan fingerprint density at radius 1 is 1.57 bits per heavy atom. The summed E-state index contributed by atoms with van der Waals surface area (Å²) in [5, 5.41) is 0. The summed E-state index contributed by atoms with van der Waals surface area (Å²) in [5.41, 5.74) is 1.07. The average Bonchev–Trinajstić information content (AvgIpc) is 2.49. The predicted molar refractivity (Wildman–Crippen MR) is 72.1 cm³/mol. The van der Waals surface area contributed by atoms with Gasteiger partial charge >= 0.3 is 5.97 Å². The summed E-state index contributed by atoms with van der Waals surface area (Å²) < 4.78 is 34.2. The molecule has 0 fully saturated rings. The molecule has 0 radical (unpaired) electrons. The number of rotatable bonds is 6. The van der Waals surface area contributed by atoms with Crippen molar-refractivity contribution in [1.82, 2.24) is 0 Å². The van der Waals surface area contributed by atoms with Crippen LogP contribution in [0.4, 0.5) is 4.39 Å². The van der Waals surface area contributed by atoms with E-state index in [1.165, 1.54) is 12.1 Å². The number of benzene rings is 1. The quantitative estimate of drug-likeness (QED) is 0.595. The Hall–Kier alpha value is -1.92. The van der Waals surface area contributed by atoms with Crippen LogP contribution in [0.25, 0.3) is 0 Å². The minimum Gasteiger partial charge on any atom is -0.467 e. The maximum absolute atomic E-state index is 13.5. The van der Waals surface area contributed by atoms with Gasteiger partial charge in [-0.05, 0) is 19.1 Å². The lowest BCUT2D eigenvalue weighted by Crippen LogP contribution is -2.23. The molecule has 0 aliphatic carbocycles. The third kappa shape index (κ3) is 4.03. The summed E-state index contributed by atoms with van der Waals surface area (Å²) >= 11 is 0. The van der Waals surface area contributed by atoms with Crippen molar-refractivity contribution in [3.8, 4) is 5.75 Å². The lowest BCUT2D eigenvalue weighted by Gasteiger charge is -2.21. The maximum Gasteiger partial charge on any atom is 0.335 e. The summed E-state index contributed by atoms with van der Waals surface area (Å²) in [6.07, 6.45) is 0.831. The predicted octanol–water partition coefficient (Wildman–Crippen LogP) is 2.33. The van der Waals surface area contributed by atoms with Gasteiger partial charge in [0, 0.05) is 11.1 Å². The van der Waals surface area contributed by atoms with Crippen LogP contribution in [-0.4, -0.2) is 25.5 Å². The van der Waals surface area contributed by atoms with E-state index in [1.54, 1.807) is 13.0 Å². The van der Waals surface area contributed by atoms with Crippen LogP contribution in [0.3, 0.4) is 0 Å². The molecular formula is C15H17FO5. The molecule has 0 saturated carbocycles. The summed E-state index contributed by atoms with van der Waals surface area (Å²) in [6.45, 7) is 5.62. The largest absolute Gasteiger partial charge is 0.467 e. The number of hydrogen-bond acceptors (Lipinski definition) is 5. The molecule has 1 atom stereocenters. The van der Waals surface area contributed by atoms with Gasteiger partial charge in [0.25, 0.3) is 0 Å². The second-order valence-corrected chi connectivity index (χ2v) is 4.54. The van der Waals surface area contributed by atoms with Crippen molar-refractivity contribution >= 4 is 5.97 Å². The number of esters is 1. The second-order valence-electron chi connectivity index (χ2n) is 4.54. The molecule has 1 aromatic rings. The molecule has 0 aromatic heterocycles. The molecule has 1 heterocycles. The molecule has 21 heavy (non-hydrogen) atoms. The van der Waals surface area contributed by atoms with Gasteiger partial charge in [-0.2, -0.15) is 0 Å². The fraction of sp³-hybridized carbons (Fsp3) is 0.400. The van der Waals surface area contributed by atoms with E-state index in [2.05, 4.69) is 6.58 Å². The Morgan fingerprint density at radius 3 is 3.14 bits per heavy atom. The minimum absolute atomic E-state index is 0.0826. The lowest BCUT2D eigenvalue weighted by atomic mass is 10.1. The van der Waals surface area contributed by atoms with Crippen LogP contribution < -0.4 is 4.74 Å². The van der Waals surface area contributed by atoms with Gasteiger partial charge in [-0.25, -0.2) is 9.18 Å². The van der Waals surface area contributed by atoms with Gasteiger partial charge in [0.1, 0.15) is 18.2 Å². The Labute approximate surface area is 122 Å². The average molecular weight is 296 g/mol. The zero-order valence-corrected chi connectivity index (χ0v) is 11.8. The summed E-state index contributed by atoms with van der Waals surface area (Å²) in [4.78, 5) is 11.7. The van der Waals surface area contributed by atoms with E-state index in [0.717, 1.165) is 0 Å². The van der Waals surface area contributed by atoms with Crippen LogP contribution in [0.1, 0.15) is 18.1 Å². The fourth-order valence-electron chi connectivity index (χ4n) is 1.91. The van der Waals surface area contributed by atoms with E-state index >= 15 is 0 Å². The molecule has 0 spiro atoms. The number of carbonyl (C=O) groups excluding carboxylic acids is 1. The highest BCUT2D eigenvalue weighted by Gasteiger charge is 2.20. The molecule has 0 amide bonds. The summed E-state index contributed by atoms with van der Waals surface area (Å²) in [5.74, 6) is -0.443. The number of halogens is 1. The highest BCUT2D eigenvalue weighted by atomic mass is 19.1. The molecule has 1 aliphatic rings. The number of fused-ring (bicyclic) bond motifs is 1. The molecule has 0 N–H and O–H groups in total. The molecule has 6 heteroatoms. The van der Waals surface area contributed by atoms with Crippen molar-refractivity contribution < 1.29 is 28.1 Å². The van der Waals surface area contributed by atoms with Gasteiger partial charge in [0.05, 0.1) is 13.2 Å². The lowest BCUT2D eigenvalue weighted by molar-refractivity contribution is -0.156. The molecule has 5 nitrogen and oxygen atoms in total. The Balaban J connectivity index is 2.01. The van der Waals surface area contributed by atoms with E-state index in [9.17, 15) is 9.18 Å². The van der Waals surface area contributed by atoms with Crippen LogP contribution in [0.5, 0.6) is 5.75 Å². The van der Waals surface area contributed by atoms with Crippen molar-refractivity contribution in [2.24, 2.45) is 0 Å². The Bertz CT molecular complexity index is 529. The molecule has 0 saturated heterocycles. The smallest absolute Gasteiger partial charge is 0.335 e. The van der Waals surface area contributed by atoms with E-state index in [0.29, 0.717) is 16.9 Å². The molecule has 1 unspecified atom stereocenters. The second kappa shape index (κ2) is 7.19. The first-order chi connectivity index (χ1) is 10.1. The standard InChI is InChI=1S/C15H17FO5/c1-3-4-19-10(2)15(17)20-8-12-6-13(16)5-11-7-18-9-21-14(11)12/h3,5-6,10H,1,4,7-9H2,2H3. The zero-order valence-electron chi connectivity index (χ0n) is 11.8. The van der Waals surface area contributed by atoms with Gasteiger partial charge < -0.3 is 18.9 Å². The van der Waals surface area contributed by atoms with Crippen LogP contribution in [0.15, 0.2) is 24.8 Å². The van der Waals surface area contributed by atoms with Crippen molar-refractivity contribution in [3.63, 3.8) is 0 Å². The minimum atomic E-state index is -0.711. The number of hydrogen-bond donors (Lipinski definition) is 0. The van der Waals surface area contributed by atoms with E-state index in [4.69, 9.17) is 18.9 Å². The van der Waals surface area contributed by atoms with Gasteiger partial charge in [0.15, 0.2) is 12.9 Å². The molecule has 2 rings (SSSR count). The first-order valence-corrected chi connectivity index (χ1v) is 6.52. The fourth-order valence-corrected chi connectivity index (χ4v) is 1.91. The SMILES string of the molecule is C=CCOC(C)C(=O)OCc1cc(F)cc2c1OCOC2. The monoisotopic (exact) mass is 296 g/mol. The first kappa shape index (κ1) is 15.5. The maximum atomic E-state index is 13.5. The molecule has 1 aromatic carbocycles. The zero-order chi connectivity index (χ0) is 15.2. The van der Waals surface area contributed by atoms with Gasteiger partial charge in [-0.3, -0.25) is 0 Å². The normalized spacial score (nSPS) is 14.8.